The van der Waals surface area contributed by atoms with Gasteiger partial charge in [-0.25, -0.2) is 13.1 Å². The molecule has 0 aliphatic rings. The molecule has 0 heterocycles. The van der Waals surface area contributed by atoms with Gasteiger partial charge >= 0.3 is 0 Å². The van der Waals surface area contributed by atoms with E-state index in [9.17, 15) is 8.42 Å². The fraction of sp³-hybridized carbons (Fsp3) is 0.571. The largest absolute Gasteiger partial charge is 0.240 e. The molecule has 1 unspecified atom stereocenters. The topological polar surface area (TPSA) is 46.2 Å². The summed E-state index contributed by atoms with van der Waals surface area (Å²) in [6, 6.07) is 6.93. The van der Waals surface area contributed by atoms with E-state index < -0.39 is 10.0 Å². The van der Waals surface area contributed by atoms with E-state index in [0.717, 1.165) is 30.2 Å². The Morgan fingerprint density at radius 3 is 2.37 bits per heavy atom. The van der Waals surface area contributed by atoms with Gasteiger partial charge in [0.25, 0.3) is 0 Å². The quantitative estimate of drug-likeness (QED) is 0.731. The standard InChI is InChI=1S/C14H22BrNO2S/c1-3-4-13(9-10-15)11-16-19(17,18)14-7-5-12(2)6-8-14/h5-8,13,16H,3-4,9-11H2,1-2H3. The number of aryl methyl sites for hydroxylation is 1. The van der Waals surface area contributed by atoms with Crippen molar-refractivity contribution in [1.82, 2.24) is 4.72 Å². The molecule has 0 saturated heterocycles. The number of halogens is 1. The minimum Gasteiger partial charge on any atom is -0.211 e. The van der Waals surface area contributed by atoms with Crippen LogP contribution in [0.15, 0.2) is 29.2 Å². The number of hydrogen-bond acceptors (Lipinski definition) is 2. The van der Waals surface area contributed by atoms with E-state index in [-0.39, 0.29) is 0 Å². The molecular weight excluding hydrogens is 326 g/mol. The molecule has 0 aliphatic carbocycles. The summed E-state index contributed by atoms with van der Waals surface area (Å²) in [7, 11) is -3.37. The van der Waals surface area contributed by atoms with Crippen molar-refractivity contribution < 1.29 is 8.42 Å². The molecular formula is C14H22BrNO2S. The zero-order valence-corrected chi connectivity index (χ0v) is 13.9. The van der Waals surface area contributed by atoms with E-state index in [1.807, 2.05) is 19.1 Å². The molecule has 0 amide bonds. The molecule has 0 fully saturated rings. The molecule has 1 atom stereocenters. The molecule has 0 saturated carbocycles. The summed E-state index contributed by atoms with van der Waals surface area (Å²) < 4.78 is 27.0. The Morgan fingerprint density at radius 2 is 1.84 bits per heavy atom. The Hall–Kier alpha value is -0.390. The van der Waals surface area contributed by atoms with Crippen LogP contribution in [0, 0.1) is 12.8 Å². The summed E-state index contributed by atoms with van der Waals surface area (Å²) in [4.78, 5) is 0.340. The lowest BCUT2D eigenvalue weighted by atomic mass is 10.0. The average molecular weight is 348 g/mol. The number of nitrogens with one attached hydrogen (secondary N) is 1. The number of sulfonamides is 1. The van der Waals surface area contributed by atoms with Crippen molar-refractivity contribution in [2.75, 3.05) is 11.9 Å². The summed E-state index contributed by atoms with van der Waals surface area (Å²) in [5, 5.41) is 0.907. The first-order valence-electron chi connectivity index (χ1n) is 6.62. The fourth-order valence-corrected chi connectivity index (χ4v) is 3.70. The minimum absolute atomic E-state index is 0.340. The molecule has 0 radical (unpaired) electrons. The van der Waals surface area contributed by atoms with Gasteiger partial charge in [0.2, 0.25) is 10.0 Å². The third-order valence-electron chi connectivity index (χ3n) is 3.11. The molecule has 0 spiro atoms. The summed E-state index contributed by atoms with van der Waals surface area (Å²) in [5.41, 5.74) is 1.06. The maximum absolute atomic E-state index is 12.1. The van der Waals surface area contributed by atoms with Crippen LogP contribution in [0.5, 0.6) is 0 Å². The second-order valence-corrected chi connectivity index (χ2v) is 7.36. The molecule has 1 aromatic carbocycles. The van der Waals surface area contributed by atoms with Gasteiger partial charge in [0.1, 0.15) is 0 Å². The van der Waals surface area contributed by atoms with Gasteiger partial charge < -0.3 is 0 Å². The Balaban J connectivity index is 2.66. The van der Waals surface area contributed by atoms with Crippen LogP contribution in [0.1, 0.15) is 31.7 Å². The molecule has 1 aromatic rings. The molecule has 0 aromatic heterocycles. The predicted octanol–water partition coefficient (Wildman–Crippen LogP) is 3.47. The zero-order valence-electron chi connectivity index (χ0n) is 11.5. The van der Waals surface area contributed by atoms with E-state index >= 15 is 0 Å². The van der Waals surface area contributed by atoms with Crippen molar-refractivity contribution in [1.29, 1.82) is 0 Å². The molecule has 0 bridgehead atoms. The molecule has 19 heavy (non-hydrogen) atoms. The first kappa shape index (κ1) is 16.7. The third-order valence-corrected chi connectivity index (χ3v) is 5.00. The number of benzene rings is 1. The smallest absolute Gasteiger partial charge is 0.211 e. The lowest BCUT2D eigenvalue weighted by Crippen LogP contribution is -2.29. The molecule has 1 N–H and O–H groups in total. The fourth-order valence-electron chi connectivity index (χ4n) is 1.94. The second kappa shape index (κ2) is 8.02. The molecule has 108 valence electrons. The lowest BCUT2D eigenvalue weighted by Gasteiger charge is -2.15. The summed E-state index contributed by atoms with van der Waals surface area (Å²) >= 11 is 3.42. The van der Waals surface area contributed by atoms with E-state index in [0.29, 0.717) is 17.4 Å². The number of hydrogen-bond donors (Lipinski definition) is 1. The van der Waals surface area contributed by atoms with Gasteiger partial charge in [0, 0.05) is 11.9 Å². The summed E-state index contributed by atoms with van der Waals surface area (Å²) in [6.07, 6.45) is 3.11. The monoisotopic (exact) mass is 347 g/mol. The molecule has 0 aliphatic heterocycles. The van der Waals surface area contributed by atoms with Crippen molar-refractivity contribution >= 4 is 26.0 Å². The van der Waals surface area contributed by atoms with Gasteiger partial charge in [0.15, 0.2) is 0 Å². The van der Waals surface area contributed by atoms with Crippen LogP contribution >= 0.6 is 15.9 Å². The van der Waals surface area contributed by atoms with Gasteiger partial charge in [0.05, 0.1) is 4.90 Å². The highest BCUT2D eigenvalue weighted by Crippen LogP contribution is 2.14. The Kier molecular flexibility index (Phi) is 7.04. The average Bonchev–Trinajstić information content (AvgIpc) is 2.37. The second-order valence-electron chi connectivity index (χ2n) is 4.80. The van der Waals surface area contributed by atoms with E-state index in [1.165, 1.54) is 0 Å². The maximum atomic E-state index is 12.1. The number of alkyl halides is 1. The highest BCUT2D eigenvalue weighted by Gasteiger charge is 2.16. The SMILES string of the molecule is CCCC(CCBr)CNS(=O)(=O)c1ccc(C)cc1. The van der Waals surface area contributed by atoms with Crippen LogP contribution in [0.25, 0.3) is 0 Å². The highest BCUT2D eigenvalue weighted by molar-refractivity contribution is 9.09. The number of rotatable bonds is 8. The Bertz CT molecular complexity index is 465. The van der Waals surface area contributed by atoms with E-state index in [4.69, 9.17) is 0 Å². The first-order chi connectivity index (χ1) is 8.99. The van der Waals surface area contributed by atoms with Crippen LogP contribution in [0.4, 0.5) is 0 Å². The van der Waals surface area contributed by atoms with Gasteiger partial charge in [-0.1, -0.05) is 47.0 Å². The van der Waals surface area contributed by atoms with E-state index in [1.54, 1.807) is 12.1 Å². The Labute approximate surface area is 125 Å². The first-order valence-corrected chi connectivity index (χ1v) is 9.22. The van der Waals surface area contributed by atoms with Crippen LogP contribution in [0.2, 0.25) is 0 Å². The van der Waals surface area contributed by atoms with Crippen molar-refractivity contribution in [3.8, 4) is 0 Å². The van der Waals surface area contributed by atoms with Crippen LogP contribution in [-0.2, 0) is 10.0 Å². The maximum Gasteiger partial charge on any atom is 0.240 e. The third kappa shape index (κ3) is 5.63. The summed E-state index contributed by atoms with van der Waals surface area (Å²) in [5.74, 6) is 0.393. The van der Waals surface area contributed by atoms with Gasteiger partial charge in [-0.3, -0.25) is 0 Å². The molecule has 5 heteroatoms. The summed E-state index contributed by atoms with van der Waals surface area (Å²) in [6.45, 7) is 4.57. The van der Waals surface area contributed by atoms with Crippen LogP contribution < -0.4 is 4.72 Å². The van der Waals surface area contributed by atoms with Gasteiger partial charge in [-0.2, -0.15) is 0 Å². The van der Waals surface area contributed by atoms with Crippen molar-refractivity contribution in [2.45, 2.75) is 38.0 Å². The van der Waals surface area contributed by atoms with Crippen LogP contribution in [0.3, 0.4) is 0 Å². The van der Waals surface area contributed by atoms with Gasteiger partial charge in [-0.05, 0) is 37.8 Å². The predicted molar refractivity (Wildman–Crippen MR) is 83.2 cm³/mol. The van der Waals surface area contributed by atoms with Gasteiger partial charge in [-0.15, -0.1) is 0 Å². The molecule has 3 nitrogen and oxygen atoms in total. The van der Waals surface area contributed by atoms with Crippen LogP contribution in [-0.4, -0.2) is 20.3 Å². The van der Waals surface area contributed by atoms with E-state index in [2.05, 4.69) is 27.6 Å². The van der Waals surface area contributed by atoms with Crippen molar-refractivity contribution in [3.05, 3.63) is 29.8 Å². The zero-order chi connectivity index (χ0) is 14.3. The highest BCUT2D eigenvalue weighted by atomic mass is 79.9. The Morgan fingerprint density at radius 1 is 1.21 bits per heavy atom. The molecule has 1 rings (SSSR count). The minimum atomic E-state index is -3.37. The normalized spacial score (nSPS) is 13.4. The van der Waals surface area contributed by atoms with Crippen molar-refractivity contribution in [2.24, 2.45) is 5.92 Å². The lowest BCUT2D eigenvalue weighted by molar-refractivity contribution is 0.459. The van der Waals surface area contributed by atoms with Crippen molar-refractivity contribution in [3.63, 3.8) is 0 Å².